The molecule has 2 atom stereocenters. The first-order chi connectivity index (χ1) is 8.31. The van der Waals surface area contributed by atoms with Crippen molar-refractivity contribution in [1.82, 2.24) is 5.32 Å². The summed E-state index contributed by atoms with van der Waals surface area (Å²) in [4.78, 5) is 0. The van der Waals surface area contributed by atoms with Gasteiger partial charge in [-0.1, -0.05) is 44.4 Å². The van der Waals surface area contributed by atoms with E-state index in [0.717, 1.165) is 18.2 Å². The van der Waals surface area contributed by atoms with Crippen LogP contribution in [0.2, 0.25) is 0 Å². The van der Waals surface area contributed by atoms with Crippen LogP contribution in [0.3, 0.4) is 0 Å². The number of para-hydroxylation sites is 1. The number of benzene rings is 1. The molecule has 1 aliphatic carbocycles. The first-order valence-electron chi connectivity index (χ1n) is 6.88. The summed E-state index contributed by atoms with van der Waals surface area (Å²) in [5.41, 5.74) is 8.10. The van der Waals surface area contributed by atoms with Gasteiger partial charge in [-0.25, -0.2) is 0 Å². The topological polar surface area (TPSA) is 38.0 Å². The van der Waals surface area contributed by atoms with Gasteiger partial charge in [0.05, 0.1) is 0 Å². The minimum Gasteiger partial charge on any atom is -0.398 e. The Morgan fingerprint density at radius 1 is 1.24 bits per heavy atom. The van der Waals surface area contributed by atoms with Gasteiger partial charge in [-0.05, 0) is 30.4 Å². The van der Waals surface area contributed by atoms with E-state index in [1.54, 1.807) is 0 Å². The van der Waals surface area contributed by atoms with Crippen molar-refractivity contribution in [1.29, 1.82) is 0 Å². The van der Waals surface area contributed by atoms with Crippen molar-refractivity contribution >= 4 is 5.69 Å². The SMILES string of the molecule is CCC1CCCCC1NCc1ccccc1N. The summed E-state index contributed by atoms with van der Waals surface area (Å²) in [6.45, 7) is 3.22. The molecule has 0 radical (unpaired) electrons. The molecule has 1 fully saturated rings. The van der Waals surface area contributed by atoms with Gasteiger partial charge in [0.1, 0.15) is 0 Å². The number of nitrogens with two attached hydrogens (primary N) is 1. The van der Waals surface area contributed by atoms with Crippen molar-refractivity contribution in [3.05, 3.63) is 29.8 Å². The van der Waals surface area contributed by atoms with Crippen LogP contribution in [-0.2, 0) is 6.54 Å². The third kappa shape index (κ3) is 3.22. The Morgan fingerprint density at radius 3 is 2.76 bits per heavy atom. The lowest BCUT2D eigenvalue weighted by molar-refractivity contribution is 0.254. The standard InChI is InChI=1S/C15H24N2/c1-2-12-7-4-6-10-15(12)17-11-13-8-3-5-9-14(13)16/h3,5,8-9,12,15,17H,2,4,6-7,10-11,16H2,1H3. The summed E-state index contributed by atoms with van der Waals surface area (Å²) in [5, 5.41) is 3.70. The van der Waals surface area contributed by atoms with E-state index in [2.05, 4.69) is 24.4 Å². The quantitative estimate of drug-likeness (QED) is 0.781. The number of rotatable bonds is 4. The van der Waals surface area contributed by atoms with Gasteiger partial charge >= 0.3 is 0 Å². The van der Waals surface area contributed by atoms with E-state index in [1.165, 1.54) is 37.7 Å². The van der Waals surface area contributed by atoms with Crippen molar-refractivity contribution < 1.29 is 0 Å². The molecule has 2 heteroatoms. The van der Waals surface area contributed by atoms with Crippen LogP contribution in [-0.4, -0.2) is 6.04 Å². The summed E-state index contributed by atoms with van der Waals surface area (Å²) in [5.74, 6) is 0.855. The molecule has 0 amide bonds. The molecule has 0 heterocycles. The van der Waals surface area contributed by atoms with Crippen LogP contribution in [0.15, 0.2) is 24.3 Å². The average Bonchev–Trinajstić information content (AvgIpc) is 2.38. The summed E-state index contributed by atoms with van der Waals surface area (Å²) in [6, 6.07) is 8.84. The van der Waals surface area contributed by atoms with Crippen LogP contribution < -0.4 is 11.1 Å². The lowest BCUT2D eigenvalue weighted by Crippen LogP contribution is -2.37. The number of nitrogens with one attached hydrogen (secondary N) is 1. The number of hydrogen-bond acceptors (Lipinski definition) is 2. The van der Waals surface area contributed by atoms with E-state index < -0.39 is 0 Å². The highest BCUT2D eigenvalue weighted by molar-refractivity contribution is 5.46. The van der Waals surface area contributed by atoms with Crippen LogP contribution in [0.5, 0.6) is 0 Å². The third-order valence-corrected chi connectivity index (χ3v) is 4.04. The second-order valence-electron chi connectivity index (χ2n) is 5.14. The van der Waals surface area contributed by atoms with Gasteiger partial charge < -0.3 is 11.1 Å². The van der Waals surface area contributed by atoms with E-state index in [0.29, 0.717) is 6.04 Å². The molecule has 0 spiro atoms. The van der Waals surface area contributed by atoms with Crippen LogP contribution in [0, 0.1) is 5.92 Å². The first kappa shape index (κ1) is 12.4. The fourth-order valence-electron chi connectivity index (χ4n) is 2.90. The number of hydrogen-bond donors (Lipinski definition) is 2. The van der Waals surface area contributed by atoms with Crippen LogP contribution >= 0.6 is 0 Å². The minimum atomic E-state index is 0.688. The maximum atomic E-state index is 5.96. The first-order valence-corrected chi connectivity index (χ1v) is 6.88. The molecule has 1 aromatic rings. The van der Waals surface area contributed by atoms with E-state index in [1.807, 2.05) is 12.1 Å². The van der Waals surface area contributed by atoms with Gasteiger partial charge in [0, 0.05) is 18.3 Å². The zero-order chi connectivity index (χ0) is 12.1. The second kappa shape index (κ2) is 6.06. The number of anilines is 1. The molecule has 0 bridgehead atoms. The summed E-state index contributed by atoms with van der Waals surface area (Å²) in [7, 11) is 0. The Balaban J connectivity index is 1.90. The van der Waals surface area contributed by atoms with Gasteiger partial charge in [0.25, 0.3) is 0 Å². The monoisotopic (exact) mass is 232 g/mol. The number of nitrogen functional groups attached to an aromatic ring is 1. The van der Waals surface area contributed by atoms with Crippen molar-refractivity contribution in [3.8, 4) is 0 Å². The van der Waals surface area contributed by atoms with Crippen molar-refractivity contribution in [3.63, 3.8) is 0 Å². The Hall–Kier alpha value is -1.02. The molecule has 1 saturated carbocycles. The lowest BCUT2D eigenvalue weighted by Gasteiger charge is -2.31. The Labute approximate surface area is 105 Å². The van der Waals surface area contributed by atoms with E-state index in [-0.39, 0.29) is 0 Å². The maximum Gasteiger partial charge on any atom is 0.0359 e. The largest absolute Gasteiger partial charge is 0.398 e. The summed E-state index contributed by atoms with van der Waals surface area (Å²) < 4.78 is 0. The van der Waals surface area contributed by atoms with Crippen LogP contribution in [0.25, 0.3) is 0 Å². The van der Waals surface area contributed by atoms with Gasteiger partial charge in [0.2, 0.25) is 0 Å². The fraction of sp³-hybridized carbons (Fsp3) is 0.600. The Kier molecular flexibility index (Phi) is 4.43. The predicted molar refractivity (Wildman–Crippen MR) is 73.7 cm³/mol. The Bertz CT molecular complexity index is 349. The van der Waals surface area contributed by atoms with Gasteiger partial charge in [-0.2, -0.15) is 0 Å². The van der Waals surface area contributed by atoms with Gasteiger partial charge in [-0.15, -0.1) is 0 Å². The van der Waals surface area contributed by atoms with E-state index >= 15 is 0 Å². The van der Waals surface area contributed by atoms with Gasteiger partial charge in [-0.3, -0.25) is 0 Å². The van der Waals surface area contributed by atoms with Crippen LogP contribution in [0.1, 0.15) is 44.6 Å². The van der Waals surface area contributed by atoms with Crippen molar-refractivity contribution in [2.75, 3.05) is 5.73 Å². The highest BCUT2D eigenvalue weighted by Crippen LogP contribution is 2.27. The highest BCUT2D eigenvalue weighted by atomic mass is 14.9. The molecule has 0 aromatic heterocycles. The minimum absolute atomic E-state index is 0.688. The molecule has 2 rings (SSSR count). The highest BCUT2D eigenvalue weighted by Gasteiger charge is 2.22. The molecule has 1 aromatic carbocycles. The average molecular weight is 232 g/mol. The maximum absolute atomic E-state index is 5.96. The summed E-state index contributed by atoms with van der Waals surface area (Å²) in [6.07, 6.45) is 6.79. The predicted octanol–water partition coefficient (Wildman–Crippen LogP) is 3.33. The molecule has 2 unspecified atom stereocenters. The van der Waals surface area contributed by atoms with E-state index in [9.17, 15) is 0 Å². The smallest absolute Gasteiger partial charge is 0.0359 e. The zero-order valence-electron chi connectivity index (χ0n) is 10.8. The van der Waals surface area contributed by atoms with Crippen LogP contribution in [0.4, 0.5) is 5.69 Å². The molecule has 2 nitrogen and oxygen atoms in total. The molecule has 3 N–H and O–H groups in total. The molecule has 0 saturated heterocycles. The van der Waals surface area contributed by atoms with E-state index in [4.69, 9.17) is 5.73 Å². The third-order valence-electron chi connectivity index (χ3n) is 4.04. The molecular weight excluding hydrogens is 208 g/mol. The molecule has 1 aliphatic rings. The normalized spacial score (nSPS) is 24.8. The molecular formula is C15H24N2. The molecule has 0 aliphatic heterocycles. The van der Waals surface area contributed by atoms with Crippen molar-refractivity contribution in [2.24, 2.45) is 5.92 Å². The van der Waals surface area contributed by atoms with Gasteiger partial charge in [0.15, 0.2) is 0 Å². The molecule has 17 heavy (non-hydrogen) atoms. The molecule has 94 valence electrons. The second-order valence-corrected chi connectivity index (χ2v) is 5.14. The van der Waals surface area contributed by atoms with Crippen molar-refractivity contribution in [2.45, 2.75) is 51.6 Å². The zero-order valence-corrected chi connectivity index (χ0v) is 10.8. The summed E-state index contributed by atoms with van der Waals surface area (Å²) >= 11 is 0. The lowest BCUT2D eigenvalue weighted by atomic mass is 9.83. The Morgan fingerprint density at radius 2 is 2.00 bits per heavy atom. The fourth-order valence-corrected chi connectivity index (χ4v) is 2.90.